The standard InChI is InChI=1S/C14H9BrClF2NOS/c15-11-6-1-8(7-12(11)16)13(20)19-9-2-4-10(5-3-9)21-14(17)18/h1-7,14H,(H,19,20). The first-order valence-corrected chi connectivity index (χ1v) is 7.82. The number of carbonyl (C=O) groups is 1. The van der Waals surface area contributed by atoms with Crippen molar-refractivity contribution < 1.29 is 13.6 Å². The van der Waals surface area contributed by atoms with Crippen molar-refractivity contribution in [1.82, 2.24) is 0 Å². The molecular weight excluding hydrogens is 384 g/mol. The maximum atomic E-state index is 12.2. The molecule has 1 amide bonds. The monoisotopic (exact) mass is 391 g/mol. The highest BCUT2D eigenvalue weighted by Crippen LogP contribution is 2.27. The summed E-state index contributed by atoms with van der Waals surface area (Å²) in [6.07, 6.45) is 0. The van der Waals surface area contributed by atoms with Crippen molar-refractivity contribution >= 4 is 50.9 Å². The van der Waals surface area contributed by atoms with Gasteiger partial charge < -0.3 is 5.32 Å². The summed E-state index contributed by atoms with van der Waals surface area (Å²) in [5.41, 5.74) is 0.937. The van der Waals surface area contributed by atoms with E-state index in [1.54, 1.807) is 30.3 Å². The Labute approximate surface area is 138 Å². The van der Waals surface area contributed by atoms with Gasteiger partial charge >= 0.3 is 0 Å². The molecule has 2 rings (SSSR count). The van der Waals surface area contributed by atoms with Crippen LogP contribution in [-0.2, 0) is 0 Å². The number of amides is 1. The van der Waals surface area contributed by atoms with Gasteiger partial charge in [0.1, 0.15) is 0 Å². The van der Waals surface area contributed by atoms with Gasteiger partial charge in [-0.1, -0.05) is 23.4 Å². The third kappa shape index (κ3) is 4.69. The predicted octanol–water partition coefficient (Wildman–Crippen LogP) is 5.67. The minimum atomic E-state index is -2.46. The van der Waals surface area contributed by atoms with Gasteiger partial charge in [-0.3, -0.25) is 4.79 Å². The van der Waals surface area contributed by atoms with E-state index in [1.807, 2.05) is 0 Å². The Morgan fingerprint density at radius 1 is 1.19 bits per heavy atom. The summed E-state index contributed by atoms with van der Waals surface area (Å²) in [4.78, 5) is 12.5. The molecule has 0 radical (unpaired) electrons. The molecule has 2 aromatic rings. The average Bonchev–Trinajstić information content (AvgIpc) is 2.43. The lowest BCUT2D eigenvalue weighted by Crippen LogP contribution is -2.11. The molecule has 0 aliphatic heterocycles. The molecule has 0 spiro atoms. The number of thioether (sulfide) groups is 1. The van der Waals surface area contributed by atoms with Crippen LogP contribution in [0.25, 0.3) is 0 Å². The van der Waals surface area contributed by atoms with E-state index in [4.69, 9.17) is 11.6 Å². The molecule has 0 heterocycles. The molecule has 110 valence electrons. The number of rotatable bonds is 4. The Morgan fingerprint density at radius 2 is 1.86 bits per heavy atom. The number of anilines is 1. The van der Waals surface area contributed by atoms with Gasteiger partial charge in [0.2, 0.25) is 0 Å². The van der Waals surface area contributed by atoms with Gasteiger partial charge in [0.05, 0.1) is 5.02 Å². The Hall–Kier alpha value is -1.11. The van der Waals surface area contributed by atoms with E-state index in [0.29, 0.717) is 37.4 Å². The van der Waals surface area contributed by atoms with Crippen LogP contribution in [0.1, 0.15) is 10.4 Å². The molecule has 0 aromatic heterocycles. The first-order chi connectivity index (χ1) is 9.95. The van der Waals surface area contributed by atoms with Crippen molar-refractivity contribution in [3.8, 4) is 0 Å². The lowest BCUT2D eigenvalue weighted by Gasteiger charge is -2.07. The van der Waals surface area contributed by atoms with Crippen LogP contribution in [0.15, 0.2) is 51.8 Å². The third-order valence-electron chi connectivity index (χ3n) is 2.52. The Kier molecular flexibility index (Phi) is 5.61. The summed E-state index contributed by atoms with van der Waals surface area (Å²) in [5.74, 6) is -2.78. The Bertz CT molecular complexity index is 652. The molecule has 0 fully saturated rings. The van der Waals surface area contributed by atoms with Gasteiger partial charge in [-0.2, -0.15) is 8.78 Å². The van der Waals surface area contributed by atoms with E-state index >= 15 is 0 Å². The zero-order valence-electron chi connectivity index (χ0n) is 10.4. The van der Waals surface area contributed by atoms with Crippen molar-refractivity contribution in [3.63, 3.8) is 0 Å². The van der Waals surface area contributed by atoms with Gasteiger partial charge in [-0.15, -0.1) is 0 Å². The minimum Gasteiger partial charge on any atom is -0.322 e. The van der Waals surface area contributed by atoms with Crippen LogP contribution in [0.3, 0.4) is 0 Å². The summed E-state index contributed by atoms with van der Waals surface area (Å²) in [5, 5.41) is 3.11. The van der Waals surface area contributed by atoms with Crippen molar-refractivity contribution in [2.45, 2.75) is 10.7 Å². The maximum Gasteiger partial charge on any atom is 0.288 e. The van der Waals surface area contributed by atoms with Crippen LogP contribution in [-0.4, -0.2) is 11.7 Å². The lowest BCUT2D eigenvalue weighted by atomic mass is 10.2. The van der Waals surface area contributed by atoms with Crippen LogP contribution >= 0.6 is 39.3 Å². The van der Waals surface area contributed by atoms with Crippen molar-refractivity contribution in [3.05, 3.63) is 57.5 Å². The molecule has 0 bridgehead atoms. The van der Waals surface area contributed by atoms with Gasteiger partial charge in [0.15, 0.2) is 0 Å². The quantitative estimate of drug-likeness (QED) is 0.679. The molecule has 2 nitrogen and oxygen atoms in total. The minimum absolute atomic E-state index is 0.321. The fourth-order valence-corrected chi connectivity index (χ4v) is 2.49. The molecule has 0 aliphatic carbocycles. The van der Waals surface area contributed by atoms with E-state index in [-0.39, 0.29) is 5.91 Å². The smallest absolute Gasteiger partial charge is 0.288 e. The molecule has 0 aliphatic rings. The molecule has 0 unspecified atom stereocenters. The molecule has 0 saturated heterocycles. The van der Waals surface area contributed by atoms with E-state index in [0.717, 1.165) is 0 Å². The number of alkyl halides is 2. The van der Waals surface area contributed by atoms with Gasteiger partial charge in [-0.25, -0.2) is 0 Å². The predicted molar refractivity (Wildman–Crippen MR) is 85.4 cm³/mol. The van der Waals surface area contributed by atoms with Gasteiger partial charge in [-0.05, 0) is 58.4 Å². The van der Waals surface area contributed by atoms with Crippen LogP contribution < -0.4 is 5.32 Å². The van der Waals surface area contributed by atoms with E-state index in [9.17, 15) is 13.6 Å². The molecule has 0 saturated carbocycles. The van der Waals surface area contributed by atoms with Crippen LogP contribution in [0.4, 0.5) is 14.5 Å². The fraction of sp³-hybridized carbons (Fsp3) is 0.0714. The summed E-state index contributed by atoms with van der Waals surface area (Å²) in [6.45, 7) is 0. The highest BCUT2D eigenvalue weighted by molar-refractivity contribution is 9.10. The molecule has 1 N–H and O–H groups in total. The number of carbonyl (C=O) groups excluding carboxylic acids is 1. The van der Waals surface area contributed by atoms with Crippen molar-refractivity contribution in [1.29, 1.82) is 0 Å². The van der Waals surface area contributed by atoms with Gasteiger partial charge in [0.25, 0.3) is 11.7 Å². The van der Waals surface area contributed by atoms with Crippen molar-refractivity contribution in [2.24, 2.45) is 0 Å². The molecule has 2 aromatic carbocycles. The van der Waals surface area contributed by atoms with Crippen LogP contribution in [0.5, 0.6) is 0 Å². The van der Waals surface area contributed by atoms with E-state index < -0.39 is 5.76 Å². The highest BCUT2D eigenvalue weighted by atomic mass is 79.9. The normalized spacial score (nSPS) is 10.7. The number of nitrogens with one attached hydrogen (secondary N) is 1. The zero-order valence-corrected chi connectivity index (χ0v) is 13.6. The second kappa shape index (κ2) is 7.24. The Balaban J connectivity index is 2.06. The highest BCUT2D eigenvalue weighted by Gasteiger charge is 2.09. The number of halogens is 4. The molecular formula is C14H9BrClF2NOS. The van der Waals surface area contributed by atoms with Gasteiger partial charge in [0, 0.05) is 20.6 Å². The summed E-state index contributed by atoms with van der Waals surface area (Å²) in [6, 6.07) is 11.1. The first-order valence-electron chi connectivity index (χ1n) is 5.77. The van der Waals surface area contributed by atoms with Crippen molar-refractivity contribution in [2.75, 3.05) is 5.32 Å². The average molecular weight is 393 g/mol. The summed E-state index contributed by atoms with van der Waals surface area (Å²) >= 11 is 9.63. The molecule has 21 heavy (non-hydrogen) atoms. The topological polar surface area (TPSA) is 29.1 Å². The Morgan fingerprint density at radius 3 is 2.43 bits per heavy atom. The lowest BCUT2D eigenvalue weighted by molar-refractivity contribution is 0.102. The molecule has 0 atom stereocenters. The van der Waals surface area contributed by atoms with Crippen LogP contribution in [0.2, 0.25) is 5.02 Å². The molecule has 7 heteroatoms. The fourth-order valence-electron chi connectivity index (χ4n) is 1.56. The second-order valence-electron chi connectivity index (χ2n) is 3.99. The zero-order chi connectivity index (χ0) is 15.4. The first kappa shape index (κ1) is 16.3. The number of hydrogen-bond acceptors (Lipinski definition) is 2. The number of hydrogen-bond donors (Lipinski definition) is 1. The maximum absolute atomic E-state index is 12.2. The largest absolute Gasteiger partial charge is 0.322 e. The van der Waals surface area contributed by atoms with Crippen LogP contribution in [0, 0.1) is 0 Å². The summed E-state index contributed by atoms with van der Waals surface area (Å²) < 4.78 is 25.1. The summed E-state index contributed by atoms with van der Waals surface area (Å²) in [7, 11) is 0. The second-order valence-corrected chi connectivity index (χ2v) is 6.31. The third-order valence-corrected chi connectivity index (χ3v) is 4.47. The van der Waals surface area contributed by atoms with E-state index in [1.165, 1.54) is 12.1 Å². The SMILES string of the molecule is O=C(Nc1ccc(SC(F)F)cc1)c1ccc(Br)c(Cl)c1. The van der Waals surface area contributed by atoms with E-state index in [2.05, 4.69) is 21.2 Å². The number of benzene rings is 2.